The normalized spacial score (nSPS) is 12.1. The molecule has 1 heterocycles. The lowest BCUT2D eigenvalue weighted by Crippen LogP contribution is -2.29. The molecule has 0 saturated heterocycles. The van der Waals surface area contributed by atoms with Crippen molar-refractivity contribution in [2.45, 2.75) is 67.7 Å². The molecule has 0 radical (unpaired) electrons. The predicted octanol–water partition coefficient (Wildman–Crippen LogP) is 6.12. The molecule has 160 valence electrons. The number of hydrogen-bond donors (Lipinski definition) is 1. The fourth-order valence-corrected chi connectivity index (χ4v) is 3.49. The molecular formula is C25H40N4. The largest absolute Gasteiger partial charge is 0.372 e. The molecule has 2 aromatic rings. The second-order valence-corrected chi connectivity index (χ2v) is 10.1. The van der Waals surface area contributed by atoms with Crippen LogP contribution in [0.15, 0.2) is 36.7 Å². The zero-order chi connectivity index (χ0) is 21.5. The maximum absolute atomic E-state index is 4.66. The van der Waals surface area contributed by atoms with Gasteiger partial charge in [0.2, 0.25) is 0 Å². The van der Waals surface area contributed by atoms with Gasteiger partial charge in [0.15, 0.2) is 0 Å². The van der Waals surface area contributed by atoms with E-state index in [0.717, 1.165) is 50.4 Å². The van der Waals surface area contributed by atoms with Crippen molar-refractivity contribution in [2.24, 2.45) is 10.8 Å². The van der Waals surface area contributed by atoms with Crippen LogP contribution in [0.25, 0.3) is 0 Å². The minimum absolute atomic E-state index is 0.173. The molecule has 0 aliphatic carbocycles. The van der Waals surface area contributed by atoms with Crippen LogP contribution in [-0.4, -0.2) is 29.6 Å². The first-order valence-corrected chi connectivity index (χ1v) is 10.9. The summed E-state index contributed by atoms with van der Waals surface area (Å²) in [5.74, 6) is 0.868. The third kappa shape index (κ3) is 8.04. The van der Waals surface area contributed by atoms with Crippen LogP contribution in [0.3, 0.4) is 0 Å². The maximum Gasteiger partial charge on any atom is 0.144 e. The molecule has 0 aliphatic rings. The number of aryl methyl sites for hydroxylation is 1. The number of hydrogen-bond acceptors (Lipinski definition) is 4. The zero-order valence-corrected chi connectivity index (χ0v) is 19.5. The van der Waals surface area contributed by atoms with E-state index in [0.29, 0.717) is 5.41 Å². The molecule has 2 rings (SSSR count). The van der Waals surface area contributed by atoms with E-state index in [4.69, 9.17) is 0 Å². The van der Waals surface area contributed by atoms with Crippen molar-refractivity contribution in [3.63, 3.8) is 0 Å². The van der Waals surface area contributed by atoms with E-state index >= 15 is 0 Å². The summed E-state index contributed by atoms with van der Waals surface area (Å²) >= 11 is 0. The van der Waals surface area contributed by atoms with Gasteiger partial charge in [-0.05, 0) is 55.6 Å². The molecular weight excluding hydrogens is 356 g/mol. The Kier molecular flexibility index (Phi) is 8.06. The summed E-state index contributed by atoms with van der Waals surface area (Å²) in [6.07, 6.45) is 6.97. The van der Waals surface area contributed by atoms with Gasteiger partial charge < -0.3 is 10.2 Å². The Bertz CT molecular complexity index is 744. The van der Waals surface area contributed by atoms with E-state index in [1.54, 1.807) is 0 Å². The van der Waals surface area contributed by atoms with Crippen molar-refractivity contribution in [3.8, 4) is 0 Å². The Morgan fingerprint density at radius 3 is 2.28 bits per heavy atom. The Morgan fingerprint density at radius 2 is 1.69 bits per heavy atom. The van der Waals surface area contributed by atoms with E-state index in [2.05, 4.69) is 92.9 Å². The van der Waals surface area contributed by atoms with Gasteiger partial charge in [0.05, 0.1) is 18.1 Å². The molecule has 0 atom stereocenters. The molecule has 0 fully saturated rings. The molecule has 0 saturated carbocycles. The van der Waals surface area contributed by atoms with E-state index in [9.17, 15) is 0 Å². The highest BCUT2D eigenvalue weighted by Crippen LogP contribution is 2.28. The van der Waals surface area contributed by atoms with Crippen LogP contribution in [0, 0.1) is 17.8 Å². The smallest absolute Gasteiger partial charge is 0.144 e. The molecule has 0 spiro atoms. The van der Waals surface area contributed by atoms with Crippen LogP contribution in [0.4, 0.5) is 11.5 Å². The number of nitrogens with one attached hydrogen (secondary N) is 1. The van der Waals surface area contributed by atoms with Crippen molar-refractivity contribution in [2.75, 3.05) is 29.9 Å². The van der Waals surface area contributed by atoms with Gasteiger partial charge in [-0.1, -0.05) is 52.8 Å². The van der Waals surface area contributed by atoms with Gasteiger partial charge in [-0.2, -0.15) is 0 Å². The van der Waals surface area contributed by atoms with Crippen LogP contribution < -0.4 is 10.2 Å². The van der Waals surface area contributed by atoms with E-state index < -0.39 is 0 Å². The number of rotatable bonds is 10. The van der Waals surface area contributed by atoms with Crippen molar-refractivity contribution in [3.05, 3.63) is 47.9 Å². The van der Waals surface area contributed by atoms with Crippen molar-refractivity contribution < 1.29 is 0 Å². The lowest BCUT2D eigenvalue weighted by Gasteiger charge is -2.31. The van der Waals surface area contributed by atoms with Gasteiger partial charge in [-0.3, -0.25) is 4.98 Å². The second kappa shape index (κ2) is 10.1. The lowest BCUT2D eigenvalue weighted by atomic mass is 9.84. The molecule has 0 bridgehead atoms. The van der Waals surface area contributed by atoms with Crippen LogP contribution in [0.2, 0.25) is 0 Å². The number of anilines is 2. The highest BCUT2D eigenvalue weighted by Gasteiger charge is 2.21. The minimum atomic E-state index is 0.173. The first-order valence-electron chi connectivity index (χ1n) is 10.9. The second-order valence-electron chi connectivity index (χ2n) is 10.1. The fraction of sp³-hybridized carbons (Fsp3) is 0.600. The molecule has 0 unspecified atom stereocenters. The summed E-state index contributed by atoms with van der Waals surface area (Å²) < 4.78 is 0. The Labute approximate surface area is 178 Å². The monoisotopic (exact) mass is 396 g/mol. The van der Waals surface area contributed by atoms with Gasteiger partial charge >= 0.3 is 0 Å². The summed E-state index contributed by atoms with van der Waals surface area (Å²) in [6, 6.07) is 8.65. The average Bonchev–Trinajstić information content (AvgIpc) is 2.64. The van der Waals surface area contributed by atoms with Crippen LogP contribution >= 0.6 is 0 Å². The van der Waals surface area contributed by atoms with Gasteiger partial charge in [-0.25, -0.2) is 4.98 Å². The van der Waals surface area contributed by atoms with Gasteiger partial charge in [0, 0.05) is 25.3 Å². The number of benzene rings is 1. The number of aromatic nitrogens is 2. The topological polar surface area (TPSA) is 41.1 Å². The van der Waals surface area contributed by atoms with Crippen LogP contribution in [-0.2, 0) is 6.42 Å². The molecule has 0 amide bonds. The standard InChI is InChI=1S/C25H40N4/c1-8-29(22-12-10-9-11-20(22)2)16-14-25(6,7)17-21-18-28-23(19-27-21)26-15-13-24(3,4)5/h9-12,18-19H,8,13-17H2,1-7H3,(H,26,28). The fourth-order valence-electron chi connectivity index (χ4n) is 3.49. The summed E-state index contributed by atoms with van der Waals surface area (Å²) in [6.45, 7) is 18.8. The molecule has 1 N–H and O–H groups in total. The van der Waals surface area contributed by atoms with E-state index in [1.165, 1.54) is 11.3 Å². The first kappa shape index (κ1) is 23.2. The predicted molar refractivity (Wildman–Crippen MR) is 126 cm³/mol. The third-order valence-electron chi connectivity index (χ3n) is 5.44. The number of nitrogens with zero attached hydrogens (tertiary/aromatic N) is 3. The summed E-state index contributed by atoms with van der Waals surface area (Å²) in [7, 11) is 0. The minimum Gasteiger partial charge on any atom is -0.372 e. The van der Waals surface area contributed by atoms with Crippen LogP contribution in [0.5, 0.6) is 0 Å². The Hall–Kier alpha value is -2.10. The number of para-hydroxylation sites is 1. The molecule has 1 aromatic carbocycles. The lowest BCUT2D eigenvalue weighted by molar-refractivity contribution is 0.331. The maximum atomic E-state index is 4.66. The van der Waals surface area contributed by atoms with Crippen molar-refractivity contribution >= 4 is 11.5 Å². The molecule has 4 heteroatoms. The highest BCUT2D eigenvalue weighted by molar-refractivity contribution is 5.52. The first-order chi connectivity index (χ1) is 13.6. The van der Waals surface area contributed by atoms with Crippen molar-refractivity contribution in [1.82, 2.24) is 9.97 Å². The van der Waals surface area contributed by atoms with E-state index in [-0.39, 0.29) is 5.41 Å². The summed E-state index contributed by atoms with van der Waals surface area (Å²) in [4.78, 5) is 11.7. The third-order valence-corrected chi connectivity index (χ3v) is 5.44. The Morgan fingerprint density at radius 1 is 0.966 bits per heavy atom. The summed E-state index contributed by atoms with van der Waals surface area (Å²) in [5, 5.41) is 3.38. The molecule has 1 aromatic heterocycles. The van der Waals surface area contributed by atoms with Crippen LogP contribution in [0.1, 0.15) is 65.6 Å². The van der Waals surface area contributed by atoms with Crippen molar-refractivity contribution in [1.29, 1.82) is 0 Å². The highest BCUT2D eigenvalue weighted by atomic mass is 15.1. The van der Waals surface area contributed by atoms with Gasteiger partial charge in [0.1, 0.15) is 5.82 Å². The molecule has 0 aliphatic heterocycles. The van der Waals surface area contributed by atoms with E-state index in [1.807, 2.05) is 12.4 Å². The SMILES string of the molecule is CCN(CCC(C)(C)Cc1cnc(NCCC(C)(C)C)cn1)c1ccccc1C. The molecule has 4 nitrogen and oxygen atoms in total. The Balaban J connectivity index is 1.89. The average molecular weight is 397 g/mol. The quantitative estimate of drug-likeness (QED) is 0.525. The zero-order valence-electron chi connectivity index (χ0n) is 19.5. The van der Waals surface area contributed by atoms with Gasteiger partial charge in [0.25, 0.3) is 0 Å². The summed E-state index contributed by atoms with van der Waals surface area (Å²) in [5.41, 5.74) is 4.25. The van der Waals surface area contributed by atoms with Gasteiger partial charge in [-0.15, -0.1) is 0 Å². The molecule has 29 heavy (non-hydrogen) atoms.